The van der Waals surface area contributed by atoms with Crippen molar-refractivity contribution in [1.82, 2.24) is 5.32 Å². The molecule has 1 fully saturated rings. The Morgan fingerprint density at radius 3 is 2.75 bits per heavy atom. The lowest BCUT2D eigenvalue weighted by Gasteiger charge is -2.20. The molecule has 1 unspecified atom stereocenters. The van der Waals surface area contributed by atoms with E-state index in [1.807, 2.05) is 0 Å². The monoisotopic (exact) mass is 279 g/mol. The Labute approximate surface area is 120 Å². The first-order valence-corrected chi connectivity index (χ1v) is 7.41. The third-order valence-corrected chi connectivity index (χ3v) is 3.82. The number of nitrogens with one attached hydrogen (secondary N) is 1. The van der Waals surface area contributed by atoms with E-state index in [1.54, 1.807) is 25.3 Å². The first kappa shape index (κ1) is 14.9. The Morgan fingerprint density at radius 1 is 1.45 bits per heavy atom. The molecule has 5 nitrogen and oxygen atoms in total. The first-order valence-electron chi connectivity index (χ1n) is 7.41. The Balaban J connectivity index is 1.86. The molecule has 4 N–H and O–H groups in total. The van der Waals surface area contributed by atoms with E-state index in [0.717, 1.165) is 12.8 Å². The number of aliphatic hydroxyl groups is 1. The number of hydrogen-bond donors (Lipinski definition) is 3. The van der Waals surface area contributed by atoms with E-state index in [9.17, 15) is 5.11 Å². The second-order valence-corrected chi connectivity index (χ2v) is 5.79. The van der Waals surface area contributed by atoms with Crippen LogP contribution in [0.4, 0.5) is 0 Å². The highest BCUT2D eigenvalue weighted by atomic mass is 16.4. The average molecular weight is 279 g/mol. The average Bonchev–Trinajstić information content (AvgIpc) is 2.85. The van der Waals surface area contributed by atoms with E-state index < -0.39 is 5.60 Å². The third-order valence-electron chi connectivity index (χ3n) is 3.82. The highest BCUT2D eigenvalue weighted by Crippen LogP contribution is 2.21. The maximum absolute atomic E-state index is 10.3. The van der Waals surface area contributed by atoms with Gasteiger partial charge in [-0.25, -0.2) is 4.99 Å². The fourth-order valence-corrected chi connectivity index (χ4v) is 2.58. The molecule has 0 spiro atoms. The summed E-state index contributed by atoms with van der Waals surface area (Å²) in [5, 5.41) is 13.6. The van der Waals surface area contributed by atoms with Gasteiger partial charge in [-0.1, -0.05) is 25.7 Å². The molecule has 0 radical (unpaired) electrons. The summed E-state index contributed by atoms with van der Waals surface area (Å²) in [5.74, 6) is 0.909. The van der Waals surface area contributed by atoms with Crippen LogP contribution in [-0.4, -0.2) is 23.7 Å². The predicted octanol–water partition coefficient (Wildman–Crippen LogP) is 2.11. The van der Waals surface area contributed by atoms with Gasteiger partial charge in [0.25, 0.3) is 0 Å². The molecule has 0 bridgehead atoms. The Kier molecular flexibility index (Phi) is 5.06. The molecule has 1 saturated carbocycles. The molecule has 112 valence electrons. The van der Waals surface area contributed by atoms with Crippen LogP contribution in [0.5, 0.6) is 0 Å². The molecule has 2 rings (SSSR count). The second-order valence-electron chi connectivity index (χ2n) is 5.79. The van der Waals surface area contributed by atoms with Gasteiger partial charge in [0.15, 0.2) is 5.96 Å². The van der Waals surface area contributed by atoms with Gasteiger partial charge in [0.2, 0.25) is 0 Å². The fraction of sp³-hybridized carbons (Fsp3) is 0.667. The number of guanidine groups is 1. The van der Waals surface area contributed by atoms with Crippen molar-refractivity contribution in [3.05, 3.63) is 24.2 Å². The fourth-order valence-electron chi connectivity index (χ4n) is 2.58. The van der Waals surface area contributed by atoms with Crippen LogP contribution < -0.4 is 11.1 Å². The normalized spacial score (nSPS) is 21.2. The van der Waals surface area contributed by atoms with E-state index in [2.05, 4.69) is 10.3 Å². The van der Waals surface area contributed by atoms with Gasteiger partial charge in [-0.3, -0.25) is 0 Å². The molecule has 20 heavy (non-hydrogen) atoms. The molecule has 1 aromatic rings. The van der Waals surface area contributed by atoms with Crippen LogP contribution in [0.25, 0.3) is 0 Å². The van der Waals surface area contributed by atoms with Gasteiger partial charge in [-0.05, 0) is 31.9 Å². The van der Waals surface area contributed by atoms with Crippen molar-refractivity contribution in [2.45, 2.75) is 57.1 Å². The van der Waals surface area contributed by atoms with Crippen molar-refractivity contribution in [3.8, 4) is 0 Å². The van der Waals surface area contributed by atoms with E-state index in [-0.39, 0.29) is 6.54 Å². The molecule has 0 aromatic carbocycles. The van der Waals surface area contributed by atoms with Crippen molar-refractivity contribution in [1.29, 1.82) is 0 Å². The van der Waals surface area contributed by atoms with E-state index in [0.29, 0.717) is 17.8 Å². The number of nitrogens with two attached hydrogens (primary N) is 1. The maximum atomic E-state index is 10.3. The van der Waals surface area contributed by atoms with Crippen LogP contribution in [0.1, 0.15) is 51.2 Å². The molecule has 0 amide bonds. The van der Waals surface area contributed by atoms with Crippen molar-refractivity contribution in [2.75, 3.05) is 6.54 Å². The lowest BCUT2D eigenvalue weighted by Crippen LogP contribution is -2.40. The number of aliphatic imine (C=N–C) groups is 1. The van der Waals surface area contributed by atoms with Crippen molar-refractivity contribution >= 4 is 5.96 Å². The number of nitrogens with zero attached hydrogens (tertiary/aromatic N) is 1. The molecule has 0 aliphatic heterocycles. The highest BCUT2D eigenvalue weighted by molar-refractivity contribution is 5.78. The number of rotatable bonds is 4. The van der Waals surface area contributed by atoms with Crippen LogP contribution >= 0.6 is 0 Å². The lowest BCUT2D eigenvalue weighted by atomic mass is 10.0. The summed E-state index contributed by atoms with van der Waals surface area (Å²) >= 11 is 0. The minimum atomic E-state index is -1.13. The molecule has 1 aliphatic carbocycles. The van der Waals surface area contributed by atoms with Gasteiger partial charge in [0, 0.05) is 6.04 Å². The Hall–Kier alpha value is -1.49. The molecule has 1 atom stereocenters. The van der Waals surface area contributed by atoms with E-state index >= 15 is 0 Å². The molecule has 1 aromatic heterocycles. The van der Waals surface area contributed by atoms with Crippen LogP contribution in [0.15, 0.2) is 27.8 Å². The van der Waals surface area contributed by atoms with E-state index in [4.69, 9.17) is 10.2 Å². The number of furan rings is 1. The summed E-state index contributed by atoms with van der Waals surface area (Å²) in [6.07, 6.45) is 8.94. The van der Waals surface area contributed by atoms with Crippen molar-refractivity contribution < 1.29 is 9.52 Å². The summed E-state index contributed by atoms with van der Waals surface area (Å²) in [6.45, 7) is 1.86. The van der Waals surface area contributed by atoms with Crippen molar-refractivity contribution in [3.63, 3.8) is 0 Å². The quantitative estimate of drug-likeness (QED) is 0.448. The molecule has 0 saturated heterocycles. The molecule has 1 heterocycles. The SMILES string of the molecule is CC(O)(CN=C(N)NC1CCCCCC1)c1ccco1. The molecule has 5 heteroatoms. The van der Waals surface area contributed by atoms with Gasteiger partial charge in [-0.15, -0.1) is 0 Å². The molecular weight excluding hydrogens is 254 g/mol. The zero-order valence-corrected chi connectivity index (χ0v) is 12.1. The van der Waals surface area contributed by atoms with Gasteiger partial charge in [-0.2, -0.15) is 0 Å². The van der Waals surface area contributed by atoms with Crippen LogP contribution in [-0.2, 0) is 5.60 Å². The summed E-state index contributed by atoms with van der Waals surface area (Å²) in [6, 6.07) is 3.90. The molecular formula is C15H25N3O2. The van der Waals surface area contributed by atoms with Gasteiger partial charge < -0.3 is 20.6 Å². The minimum absolute atomic E-state index is 0.187. The first-order chi connectivity index (χ1) is 9.58. The summed E-state index contributed by atoms with van der Waals surface area (Å²) in [5.41, 5.74) is 4.79. The zero-order chi connectivity index (χ0) is 14.4. The van der Waals surface area contributed by atoms with Crippen LogP contribution in [0.3, 0.4) is 0 Å². The highest BCUT2D eigenvalue weighted by Gasteiger charge is 2.26. The van der Waals surface area contributed by atoms with Gasteiger partial charge >= 0.3 is 0 Å². The Bertz CT molecular complexity index is 418. The molecule has 1 aliphatic rings. The van der Waals surface area contributed by atoms with Crippen LogP contribution in [0.2, 0.25) is 0 Å². The van der Waals surface area contributed by atoms with Crippen LogP contribution in [0, 0.1) is 0 Å². The topological polar surface area (TPSA) is 83.8 Å². The minimum Gasteiger partial charge on any atom is -0.466 e. The zero-order valence-electron chi connectivity index (χ0n) is 12.1. The standard InChI is InChI=1S/C15H25N3O2/c1-15(19,13-9-6-10-20-13)11-17-14(16)18-12-7-4-2-3-5-8-12/h6,9-10,12,19H,2-5,7-8,11H2,1H3,(H3,16,17,18). The third kappa shape index (κ3) is 4.27. The number of hydrogen-bond acceptors (Lipinski definition) is 3. The summed E-state index contributed by atoms with van der Waals surface area (Å²) in [4.78, 5) is 4.25. The lowest BCUT2D eigenvalue weighted by molar-refractivity contribution is 0.0437. The smallest absolute Gasteiger partial charge is 0.188 e. The maximum Gasteiger partial charge on any atom is 0.188 e. The predicted molar refractivity (Wildman–Crippen MR) is 79.4 cm³/mol. The van der Waals surface area contributed by atoms with E-state index in [1.165, 1.54) is 25.7 Å². The second kappa shape index (κ2) is 6.79. The van der Waals surface area contributed by atoms with Gasteiger partial charge in [0.1, 0.15) is 11.4 Å². The van der Waals surface area contributed by atoms with Crippen molar-refractivity contribution in [2.24, 2.45) is 10.7 Å². The Morgan fingerprint density at radius 2 is 2.15 bits per heavy atom. The summed E-state index contributed by atoms with van der Waals surface area (Å²) in [7, 11) is 0. The summed E-state index contributed by atoms with van der Waals surface area (Å²) < 4.78 is 5.22. The largest absolute Gasteiger partial charge is 0.466 e. The van der Waals surface area contributed by atoms with Gasteiger partial charge in [0.05, 0.1) is 12.8 Å².